The zero-order valence-corrected chi connectivity index (χ0v) is 18.6. The third kappa shape index (κ3) is 5.31. The van der Waals surface area contributed by atoms with Gasteiger partial charge < -0.3 is 24.5 Å². The van der Waals surface area contributed by atoms with Crippen molar-refractivity contribution in [2.45, 2.75) is 0 Å². The number of aromatic amines is 1. The Morgan fingerprint density at radius 2 is 2.12 bits per heavy atom. The predicted octanol–water partition coefficient (Wildman–Crippen LogP) is 5.22. The van der Waals surface area contributed by atoms with E-state index < -0.39 is 0 Å². The lowest BCUT2D eigenvalue weighted by Crippen LogP contribution is -2.07. The summed E-state index contributed by atoms with van der Waals surface area (Å²) in [7, 11) is 1.61. The molecule has 8 nitrogen and oxygen atoms in total. The number of hydrogen-bond donors (Lipinski definition) is 2. The number of nitrogens with zero attached hydrogens (tertiary/aromatic N) is 2. The number of fused-ring (bicyclic) bond motifs is 1. The van der Waals surface area contributed by atoms with E-state index in [1.807, 2.05) is 18.3 Å². The maximum absolute atomic E-state index is 11.5. The molecule has 0 aliphatic heterocycles. The molecule has 4 rings (SSSR count). The van der Waals surface area contributed by atoms with Gasteiger partial charge in [0.2, 0.25) is 11.8 Å². The molecule has 0 spiro atoms. The van der Waals surface area contributed by atoms with Gasteiger partial charge in [-0.3, -0.25) is 4.79 Å². The van der Waals surface area contributed by atoms with Crippen LogP contribution in [0, 0.1) is 0 Å². The Kier molecular flexibility index (Phi) is 6.87. The number of nitrogens with one attached hydrogen (secondary N) is 2. The van der Waals surface area contributed by atoms with Gasteiger partial charge in [-0.05, 0) is 35.9 Å². The molecule has 33 heavy (non-hydrogen) atoms. The molecule has 0 fully saturated rings. The number of benzene rings is 2. The molecule has 4 aromatic rings. The van der Waals surface area contributed by atoms with Crippen LogP contribution in [0.3, 0.4) is 0 Å². The van der Waals surface area contributed by atoms with Crippen LogP contribution in [0.5, 0.6) is 17.4 Å². The van der Waals surface area contributed by atoms with Crippen LogP contribution in [-0.4, -0.2) is 41.2 Å². The summed E-state index contributed by atoms with van der Waals surface area (Å²) in [6.07, 6.45) is 4.55. The molecule has 168 valence electrons. The summed E-state index contributed by atoms with van der Waals surface area (Å²) in [6.45, 7) is 4.29. The van der Waals surface area contributed by atoms with Crippen LogP contribution < -0.4 is 14.8 Å². The summed E-state index contributed by atoms with van der Waals surface area (Å²) >= 11 is 6.27. The Balaban J connectivity index is 1.61. The molecule has 2 N–H and O–H groups in total. The molecule has 2 heterocycles. The highest BCUT2D eigenvalue weighted by atomic mass is 35.5. The van der Waals surface area contributed by atoms with E-state index in [1.54, 1.807) is 37.4 Å². The van der Waals surface area contributed by atoms with Crippen molar-refractivity contribution in [2.75, 3.05) is 25.6 Å². The molecule has 2 aromatic carbocycles. The number of halogens is 1. The number of anilines is 1. The van der Waals surface area contributed by atoms with Gasteiger partial charge in [0, 0.05) is 30.6 Å². The van der Waals surface area contributed by atoms with E-state index in [-0.39, 0.29) is 5.91 Å². The molecular weight excluding hydrogens is 444 g/mol. The Hall–Kier alpha value is -3.88. The molecule has 0 bridgehead atoms. The third-order valence-corrected chi connectivity index (χ3v) is 4.97. The fourth-order valence-corrected chi connectivity index (χ4v) is 3.28. The van der Waals surface area contributed by atoms with Crippen LogP contribution in [0.1, 0.15) is 0 Å². The zero-order chi connectivity index (χ0) is 23.2. The SMILES string of the molecule is C=CC(=O)Nc1cccc(Oc2cnc3[nH]cc(-c4ccc(Cl)c(OCCOC)c4)c3n2)c1. The molecule has 0 radical (unpaired) electrons. The van der Waals surface area contributed by atoms with Crippen molar-refractivity contribution in [2.24, 2.45) is 0 Å². The van der Waals surface area contributed by atoms with Crippen LogP contribution in [-0.2, 0) is 9.53 Å². The minimum Gasteiger partial charge on any atom is -0.490 e. The molecule has 0 aliphatic rings. The topological polar surface area (TPSA) is 98.4 Å². The zero-order valence-electron chi connectivity index (χ0n) is 17.8. The fourth-order valence-electron chi connectivity index (χ4n) is 3.11. The van der Waals surface area contributed by atoms with Gasteiger partial charge in [0.1, 0.15) is 23.6 Å². The number of rotatable bonds is 9. The molecular formula is C24H21ClN4O4. The van der Waals surface area contributed by atoms with Gasteiger partial charge in [0.25, 0.3) is 0 Å². The van der Waals surface area contributed by atoms with Gasteiger partial charge in [-0.2, -0.15) is 0 Å². The van der Waals surface area contributed by atoms with Gasteiger partial charge >= 0.3 is 0 Å². The van der Waals surface area contributed by atoms with Gasteiger partial charge in [0.15, 0.2) is 5.65 Å². The van der Waals surface area contributed by atoms with Crippen molar-refractivity contribution in [3.05, 3.63) is 72.5 Å². The Morgan fingerprint density at radius 1 is 1.24 bits per heavy atom. The second-order valence-electron chi connectivity index (χ2n) is 6.92. The van der Waals surface area contributed by atoms with Crippen molar-refractivity contribution in [3.8, 4) is 28.5 Å². The van der Waals surface area contributed by atoms with E-state index >= 15 is 0 Å². The maximum atomic E-state index is 11.5. The van der Waals surface area contributed by atoms with Crippen LogP contribution in [0.25, 0.3) is 22.3 Å². The normalized spacial score (nSPS) is 10.7. The summed E-state index contributed by atoms with van der Waals surface area (Å²) in [5.41, 5.74) is 3.51. The standard InChI is InChI=1S/C24H21ClN4O4/c1-3-21(30)28-16-5-4-6-17(12-16)33-22-14-27-24-23(29-22)18(13-26-24)15-7-8-19(25)20(11-15)32-10-9-31-2/h3-8,11-14H,1,9-10H2,2H3,(H,26,27)(H,28,30). The molecule has 0 saturated heterocycles. The highest BCUT2D eigenvalue weighted by Gasteiger charge is 2.13. The second kappa shape index (κ2) is 10.2. The van der Waals surface area contributed by atoms with E-state index in [0.29, 0.717) is 52.5 Å². The second-order valence-corrected chi connectivity index (χ2v) is 7.32. The number of hydrogen-bond acceptors (Lipinski definition) is 6. The molecule has 1 amide bonds. The fraction of sp³-hybridized carbons (Fsp3) is 0.125. The van der Waals surface area contributed by atoms with Gasteiger partial charge in [-0.25, -0.2) is 9.97 Å². The van der Waals surface area contributed by atoms with Gasteiger partial charge in [-0.1, -0.05) is 30.3 Å². The number of aromatic nitrogens is 3. The van der Waals surface area contributed by atoms with Gasteiger partial charge in [-0.15, -0.1) is 0 Å². The van der Waals surface area contributed by atoms with Crippen LogP contribution in [0.4, 0.5) is 5.69 Å². The van der Waals surface area contributed by atoms with Crippen LogP contribution in [0.15, 0.2) is 67.5 Å². The molecule has 0 unspecified atom stereocenters. The van der Waals surface area contributed by atoms with Crippen LogP contribution in [0.2, 0.25) is 5.02 Å². The van der Waals surface area contributed by atoms with Crippen molar-refractivity contribution >= 4 is 34.4 Å². The lowest BCUT2D eigenvalue weighted by Gasteiger charge is -2.10. The number of carbonyl (C=O) groups is 1. The largest absolute Gasteiger partial charge is 0.490 e. The molecule has 0 aliphatic carbocycles. The monoisotopic (exact) mass is 464 g/mol. The van der Waals surface area contributed by atoms with Crippen molar-refractivity contribution in [1.82, 2.24) is 15.0 Å². The lowest BCUT2D eigenvalue weighted by molar-refractivity contribution is -0.111. The first-order valence-corrected chi connectivity index (χ1v) is 10.4. The molecule has 9 heteroatoms. The van der Waals surface area contributed by atoms with E-state index in [0.717, 1.165) is 11.1 Å². The minimum atomic E-state index is -0.307. The Morgan fingerprint density at radius 3 is 2.94 bits per heavy atom. The highest BCUT2D eigenvalue weighted by Crippen LogP contribution is 2.34. The number of carbonyl (C=O) groups excluding carboxylic acids is 1. The average molecular weight is 465 g/mol. The van der Waals surface area contributed by atoms with E-state index in [9.17, 15) is 4.79 Å². The minimum absolute atomic E-state index is 0.307. The quantitative estimate of drug-likeness (QED) is 0.260. The van der Waals surface area contributed by atoms with Gasteiger partial charge in [0.05, 0.1) is 17.8 Å². The number of H-pyrrole nitrogens is 1. The summed E-state index contributed by atoms with van der Waals surface area (Å²) < 4.78 is 16.6. The van der Waals surface area contributed by atoms with Crippen LogP contribution >= 0.6 is 11.6 Å². The summed E-state index contributed by atoms with van der Waals surface area (Å²) in [4.78, 5) is 23.7. The summed E-state index contributed by atoms with van der Waals surface area (Å²) in [5.74, 6) is 1.06. The first kappa shape index (κ1) is 22.3. The van der Waals surface area contributed by atoms with Crippen molar-refractivity contribution in [1.29, 1.82) is 0 Å². The Labute approximate surface area is 195 Å². The number of amides is 1. The van der Waals surface area contributed by atoms with E-state index in [4.69, 9.17) is 25.8 Å². The number of methoxy groups -OCH3 is 1. The Bertz CT molecular complexity index is 1300. The first-order chi connectivity index (χ1) is 16.1. The van der Waals surface area contributed by atoms with E-state index in [2.05, 4.69) is 26.8 Å². The smallest absolute Gasteiger partial charge is 0.247 e. The predicted molar refractivity (Wildman–Crippen MR) is 127 cm³/mol. The molecule has 2 aromatic heterocycles. The third-order valence-electron chi connectivity index (χ3n) is 4.66. The lowest BCUT2D eigenvalue weighted by atomic mass is 10.1. The summed E-state index contributed by atoms with van der Waals surface area (Å²) in [6, 6.07) is 12.5. The highest BCUT2D eigenvalue weighted by molar-refractivity contribution is 6.32. The van der Waals surface area contributed by atoms with Crippen molar-refractivity contribution in [3.63, 3.8) is 0 Å². The molecule has 0 atom stereocenters. The van der Waals surface area contributed by atoms with E-state index in [1.165, 1.54) is 12.3 Å². The average Bonchev–Trinajstić information content (AvgIpc) is 3.24. The first-order valence-electron chi connectivity index (χ1n) is 10.0. The summed E-state index contributed by atoms with van der Waals surface area (Å²) in [5, 5.41) is 3.20. The maximum Gasteiger partial charge on any atom is 0.247 e. The number of ether oxygens (including phenoxy) is 3. The van der Waals surface area contributed by atoms with Crippen molar-refractivity contribution < 1.29 is 19.0 Å². The molecule has 0 saturated carbocycles.